The SMILES string of the molecule is CN(Cc1cccc2c1NCCO2)C(=O)C1CCNCC1. The second kappa shape index (κ2) is 6.35. The Morgan fingerprint density at radius 3 is 2.95 bits per heavy atom. The molecular formula is C16H23N3O2. The van der Waals surface area contributed by atoms with Crippen molar-refractivity contribution >= 4 is 11.6 Å². The van der Waals surface area contributed by atoms with Gasteiger partial charge in [-0.2, -0.15) is 0 Å². The van der Waals surface area contributed by atoms with E-state index in [-0.39, 0.29) is 11.8 Å². The monoisotopic (exact) mass is 289 g/mol. The molecule has 0 aromatic heterocycles. The maximum Gasteiger partial charge on any atom is 0.225 e. The van der Waals surface area contributed by atoms with Crippen LogP contribution in [0.5, 0.6) is 5.75 Å². The number of hydrogen-bond acceptors (Lipinski definition) is 4. The van der Waals surface area contributed by atoms with Gasteiger partial charge in [0.25, 0.3) is 0 Å². The zero-order chi connectivity index (χ0) is 14.7. The molecule has 1 aromatic carbocycles. The lowest BCUT2D eigenvalue weighted by Crippen LogP contribution is -2.39. The molecule has 0 atom stereocenters. The number of carbonyl (C=O) groups excluding carboxylic acids is 1. The summed E-state index contributed by atoms with van der Waals surface area (Å²) in [6, 6.07) is 6.02. The van der Waals surface area contributed by atoms with Crippen molar-refractivity contribution in [1.29, 1.82) is 0 Å². The number of fused-ring (bicyclic) bond motifs is 1. The number of amides is 1. The normalized spacial score (nSPS) is 18.3. The molecule has 0 spiro atoms. The van der Waals surface area contributed by atoms with Gasteiger partial charge < -0.3 is 20.3 Å². The van der Waals surface area contributed by atoms with Crippen LogP contribution in [0.2, 0.25) is 0 Å². The molecule has 5 heteroatoms. The third-order valence-corrected chi connectivity index (χ3v) is 4.25. The number of nitrogens with zero attached hydrogens (tertiary/aromatic N) is 1. The van der Waals surface area contributed by atoms with Gasteiger partial charge in [0.15, 0.2) is 0 Å². The molecule has 21 heavy (non-hydrogen) atoms. The van der Waals surface area contributed by atoms with Crippen LogP contribution in [0.15, 0.2) is 18.2 Å². The van der Waals surface area contributed by atoms with Crippen LogP contribution < -0.4 is 15.4 Å². The first-order valence-corrected chi connectivity index (χ1v) is 7.70. The maximum absolute atomic E-state index is 12.5. The molecule has 0 radical (unpaired) electrons. The molecule has 0 unspecified atom stereocenters. The minimum atomic E-state index is 0.167. The lowest BCUT2D eigenvalue weighted by atomic mass is 9.96. The molecule has 5 nitrogen and oxygen atoms in total. The van der Waals surface area contributed by atoms with E-state index in [0.717, 1.165) is 49.5 Å². The topological polar surface area (TPSA) is 53.6 Å². The number of carbonyl (C=O) groups is 1. The predicted octanol–water partition coefficient (Wildman–Crippen LogP) is 1.45. The van der Waals surface area contributed by atoms with Gasteiger partial charge in [-0.05, 0) is 37.6 Å². The fourth-order valence-electron chi connectivity index (χ4n) is 3.08. The average Bonchev–Trinajstić information content (AvgIpc) is 2.55. The lowest BCUT2D eigenvalue weighted by molar-refractivity contribution is -0.135. The first-order valence-electron chi connectivity index (χ1n) is 7.70. The van der Waals surface area contributed by atoms with Crippen molar-refractivity contribution in [3.63, 3.8) is 0 Å². The molecule has 1 saturated heterocycles. The zero-order valence-electron chi connectivity index (χ0n) is 12.5. The Kier molecular flexibility index (Phi) is 4.29. The number of ether oxygens (including phenoxy) is 1. The quantitative estimate of drug-likeness (QED) is 0.884. The molecule has 2 N–H and O–H groups in total. The summed E-state index contributed by atoms with van der Waals surface area (Å²) in [7, 11) is 1.90. The van der Waals surface area contributed by atoms with Gasteiger partial charge in [-0.1, -0.05) is 12.1 Å². The van der Waals surface area contributed by atoms with Crippen LogP contribution in [0.25, 0.3) is 0 Å². The number of benzene rings is 1. The molecule has 2 aliphatic heterocycles. The van der Waals surface area contributed by atoms with Crippen molar-refractivity contribution < 1.29 is 9.53 Å². The highest BCUT2D eigenvalue weighted by Gasteiger charge is 2.25. The van der Waals surface area contributed by atoms with E-state index in [9.17, 15) is 4.79 Å². The van der Waals surface area contributed by atoms with Crippen LogP contribution in [0.1, 0.15) is 18.4 Å². The molecule has 2 aliphatic rings. The first-order chi connectivity index (χ1) is 10.3. The summed E-state index contributed by atoms with van der Waals surface area (Å²) >= 11 is 0. The molecule has 114 valence electrons. The third kappa shape index (κ3) is 3.13. The van der Waals surface area contributed by atoms with Gasteiger partial charge in [0.1, 0.15) is 12.4 Å². The minimum absolute atomic E-state index is 0.167. The first kappa shape index (κ1) is 14.2. The van der Waals surface area contributed by atoms with Gasteiger partial charge in [-0.15, -0.1) is 0 Å². The Morgan fingerprint density at radius 1 is 1.33 bits per heavy atom. The maximum atomic E-state index is 12.5. The summed E-state index contributed by atoms with van der Waals surface area (Å²) in [5.41, 5.74) is 2.16. The van der Waals surface area contributed by atoms with Crippen LogP contribution in [0.3, 0.4) is 0 Å². The van der Waals surface area contributed by atoms with Gasteiger partial charge in [0.2, 0.25) is 5.91 Å². The van der Waals surface area contributed by atoms with E-state index in [2.05, 4.69) is 16.7 Å². The van der Waals surface area contributed by atoms with E-state index in [1.807, 2.05) is 24.1 Å². The Bertz CT molecular complexity index is 512. The number of para-hydroxylation sites is 1. The fourth-order valence-corrected chi connectivity index (χ4v) is 3.08. The summed E-state index contributed by atoms with van der Waals surface area (Å²) in [4.78, 5) is 14.4. The molecule has 1 aromatic rings. The Hall–Kier alpha value is -1.75. The highest BCUT2D eigenvalue weighted by atomic mass is 16.5. The predicted molar refractivity (Wildman–Crippen MR) is 82.5 cm³/mol. The molecule has 1 fully saturated rings. The number of nitrogens with one attached hydrogen (secondary N) is 2. The van der Waals surface area contributed by atoms with E-state index in [0.29, 0.717) is 13.2 Å². The van der Waals surface area contributed by atoms with Crippen molar-refractivity contribution in [1.82, 2.24) is 10.2 Å². The van der Waals surface area contributed by atoms with E-state index >= 15 is 0 Å². The van der Waals surface area contributed by atoms with Crippen molar-refractivity contribution in [2.24, 2.45) is 5.92 Å². The molecule has 0 bridgehead atoms. The lowest BCUT2D eigenvalue weighted by Gasteiger charge is -2.28. The van der Waals surface area contributed by atoms with Crippen LogP contribution in [0, 0.1) is 5.92 Å². The molecule has 3 rings (SSSR count). The molecule has 0 saturated carbocycles. The van der Waals surface area contributed by atoms with Gasteiger partial charge >= 0.3 is 0 Å². The van der Waals surface area contributed by atoms with Crippen molar-refractivity contribution in [2.75, 3.05) is 38.6 Å². The number of rotatable bonds is 3. The van der Waals surface area contributed by atoms with Gasteiger partial charge in [0, 0.05) is 26.1 Å². The van der Waals surface area contributed by atoms with Crippen LogP contribution in [-0.4, -0.2) is 44.1 Å². The molecule has 1 amide bonds. The van der Waals surface area contributed by atoms with Crippen molar-refractivity contribution in [2.45, 2.75) is 19.4 Å². The molecule has 0 aliphatic carbocycles. The van der Waals surface area contributed by atoms with Gasteiger partial charge in [0.05, 0.1) is 5.69 Å². The van der Waals surface area contributed by atoms with Crippen molar-refractivity contribution in [3.05, 3.63) is 23.8 Å². The Labute approximate surface area is 125 Å². The second-order valence-electron chi connectivity index (χ2n) is 5.78. The summed E-state index contributed by atoms with van der Waals surface area (Å²) in [5, 5.41) is 6.68. The van der Waals surface area contributed by atoms with Crippen molar-refractivity contribution in [3.8, 4) is 5.75 Å². The molecular weight excluding hydrogens is 266 g/mol. The van der Waals surface area contributed by atoms with E-state index in [4.69, 9.17) is 4.74 Å². The van der Waals surface area contributed by atoms with Crippen LogP contribution >= 0.6 is 0 Å². The summed E-state index contributed by atoms with van der Waals surface area (Å²) in [6.45, 7) is 4.03. The van der Waals surface area contributed by atoms with Crippen LogP contribution in [-0.2, 0) is 11.3 Å². The highest BCUT2D eigenvalue weighted by Crippen LogP contribution is 2.31. The Morgan fingerprint density at radius 2 is 2.14 bits per heavy atom. The van der Waals surface area contributed by atoms with E-state index in [1.165, 1.54) is 0 Å². The smallest absolute Gasteiger partial charge is 0.225 e. The van der Waals surface area contributed by atoms with Gasteiger partial charge in [-0.25, -0.2) is 0 Å². The number of anilines is 1. The number of hydrogen-bond donors (Lipinski definition) is 2. The average molecular weight is 289 g/mol. The standard InChI is InChI=1S/C16H23N3O2/c1-19(16(20)12-5-7-17-8-6-12)11-13-3-2-4-14-15(13)18-9-10-21-14/h2-4,12,17-18H,5-11H2,1H3. The largest absolute Gasteiger partial charge is 0.490 e. The second-order valence-corrected chi connectivity index (χ2v) is 5.78. The third-order valence-electron chi connectivity index (χ3n) is 4.25. The van der Waals surface area contributed by atoms with Gasteiger partial charge in [-0.3, -0.25) is 4.79 Å². The number of piperidine rings is 1. The summed E-state index contributed by atoms with van der Waals surface area (Å²) in [6.07, 6.45) is 1.88. The Balaban J connectivity index is 1.69. The minimum Gasteiger partial charge on any atom is -0.490 e. The van der Waals surface area contributed by atoms with E-state index in [1.54, 1.807) is 0 Å². The summed E-state index contributed by atoms with van der Waals surface area (Å²) < 4.78 is 5.65. The summed E-state index contributed by atoms with van der Waals surface area (Å²) in [5.74, 6) is 1.31. The van der Waals surface area contributed by atoms with E-state index < -0.39 is 0 Å². The zero-order valence-corrected chi connectivity index (χ0v) is 12.5. The highest BCUT2D eigenvalue weighted by molar-refractivity contribution is 5.79. The fraction of sp³-hybridized carbons (Fsp3) is 0.562. The van der Waals surface area contributed by atoms with Crippen LogP contribution in [0.4, 0.5) is 5.69 Å². The molecule has 2 heterocycles.